The number of anilines is 1. The Labute approximate surface area is 151 Å². The van der Waals surface area contributed by atoms with E-state index < -0.39 is 10.0 Å². The maximum Gasteiger partial charge on any atom is 0.319 e. The minimum absolute atomic E-state index is 0.00244. The second kappa shape index (κ2) is 6.61. The van der Waals surface area contributed by atoms with Gasteiger partial charge in [0.15, 0.2) is 6.33 Å². The third kappa shape index (κ3) is 3.37. The largest absolute Gasteiger partial charge is 0.365 e. The van der Waals surface area contributed by atoms with Gasteiger partial charge in [0.05, 0.1) is 6.26 Å². The highest BCUT2D eigenvalue weighted by Crippen LogP contribution is 2.26. The van der Waals surface area contributed by atoms with E-state index in [0.717, 1.165) is 18.4 Å². The van der Waals surface area contributed by atoms with Gasteiger partial charge < -0.3 is 5.32 Å². The lowest BCUT2D eigenvalue weighted by Crippen LogP contribution is -2.44. The number of nitrogens with zero attached hydrogens (tertiary/aromatic N) is 4. The normalized spacial score (nSPS) is 18.9. The van der Waals surface area contributed by atoms with Crippen LogP contribution < -0.4 is 10.3 Å². The van der Waals surface area contributed by atoms with E-state index in [1.54, 1.807) is 18.7 Å². The average molecular weight is 374 g/mol. The number of imidazole rings is 1. The summed E-state index contributed by atoms with van der Waals surface area (Å²) in [7, 11) is -3.19. The monoisotopic (exact) mass is 374 g/mol. The Morgan fingerprint density at radius 2 is 2.27 bits per heavy atom. The second-order valence-corrected chi connectivity index (χ2v) is 8.37. The predicted octanol–water partition coefficient (Wildman–Crippen LogP) is 0.670. The summed E-state index contributed by atoms with van der Waals surface area (Å²) in [4.78, 5) is 19.4. The smallest absolute Gasteiger partial charge is 0.319 e. The summed E-state index contributed by atoms with van der Waals surface area (Å²) in [5, 5.41) is 3.39. The van der Waals surface area contributed by atoms with E-state index in [9.17, 15) is 8.42 Å². The molecule has 0 bridgehead atoms. The molecular weight excluding hydrogens is 354 g/mol. The first-order valence-corrected chi connectivity index (χ1v) is 10.2. The minimum atomic E-state index is -3.19. The zero-order chi connectivity index (χ0) is 18.1. The van der Waals surface area contributed by atoms with Gasteiger partial charge in [-0.15, -0.1) is 4.98 Å². The topological polar surface area (TPSA) is 118 Å². The van der Waals surface area contributed by atoms with Gasteiger partial charge in [-0.05, 0) is 25.0 Å². The molecule has 0 amide bonds. The summed E-state index contributed by atoms with van der Waals surface area (Å²) in [6.45, 7) is 1.00. The highest BCUT2D eigenvalue weighted by Gasteiger charge is 2.26. The molecule has 26 heavy (non-hydrogen) atoms. The van der Waals surface area contributed by atoms with E-state index >= 15 is 0 Å². The van der Waals surface area contributed by atoms with Gasteiger partial charge in [0.1, 0.15) is 17.7 Å². The maximum atomic E-state index is 11.8. The van der Waals surface area contributed by atoms with Gasteiger partial charge in [0.2, 0.25) is 10.0 Å². The lowest BCUT2D eigenvalue weighted by Gasteiger charge is -2.32. The molecule has 1 atom stereocenters. The molecule has 1 fully saturated rings. The molecule has 3 aromatic rings. The number of aromatic nitrogens is 5. The SMILES string of the molecule is CS(=O)(=O)N1CCCC(Nc2ncccc2-c2cnc3[nH+]c[nH]c3n2)C1. The zero-order valence-corrected chi connectivity index (χ0v) is 15.1. The Balaban J connectivity index is 1.61. The summed E-state index contributed by atoms with van der Waals surface area (Å²) in [6.07, 6.45) is 8.03. The Morgan fingerprint density at radius 3 is 3.12 bits per heavy atom. The highest BCUT2D eigenvalue weighted by molar-refractivity contribution is 7.88. The van der Waals surface area contributed by atoms with Crippen molar-refractivity contribution in [2.75, 3.05) is 24.7 Å². The van der Waals surface area contributed by atoms with Gasteiger partial charge in [0, 0.05) is 30.9 Å². The first kappa shape index (κ1) is 16.9. The number of sulfonamides is 1. The van der Waals surface area contributed by atoms with Crippen LogP contribution in [0.15, 0.2) is 30.9 Å². The van der Waals surface area contributed by atoms with Crippen LogP contribution in [0, 0.1) is 0 Å². The molecule has 4 heterocycles. The van der Waals surface area contributed by atoms with Crippen LogP contribution in [0.5, 0.6) is 0 Å². The van der Waals surface area contributed by atoms with Gasteiger partial charge in [-0.2, -0.15) is 0 Å². The second-order valence-electron chi connectivity index (χ2n) is 6.39. The molecule has 0 saturated carbocycles. The zero-order valence-electron chi connectivity index (χ0n) is 14.3. The van der Waals surface area contributed by atoms with Gasteiger partial charge in [-0.3, -0.25) is 4.98 Å². The fraction of sp³-hybridized carbons (Fsp3) is 0.375. The molecule has 1 aliphatic heterocycles. The van der Waals surface area contributed by atoms with Gasteiger partial charge >= 0.3 is 5.65 Å². The van der Waals surface area contributed by atoms with Crippen molar-refractivity contribution in [3.05, 3.63) is 30.9 Å². The molecule has 0 radical (unpaired) electrons. The fourth-order valence-corrected chi connectivity index (χ4v) is 4.09. The summed E-state index contributed by atoms with van der Waals surface area (Å²) in [5.41, 5.74) is 2.87. The summed E-state index contributed by atoms with van der Waals surface area (Å²) in [6, 6.07) is 3.77. The van der Waals surface area contributed by atoms with Crippen molar-refractivity contribution >= 4 is 27.1 Å². The van der Waals surface area contributed by atoms with Crippen LogP contribution in [-0.2, 0) is 10.0 Å². The van der Waals surface area contributed by atoms with Crippen molar-refractivity contribution in [1.82, 2.24) is 24.2 Å². The summed E-state index contributed by atoms with van der Waals surface area (Å²) in [5.74, 6) is 0.678. The van der Waals surface area contributed by atoms with Crippen molar-refractivity contribution in [2.45, 2.75) is 18.9 Å². The molecule has 3 N–H and O–H groups in total. The van der Waals surface area contributed by atoms with Crippen molar-refractivity contribution < 1.29 is 13.4 Å². The van der Waals surface area contributed by atoms with E-state index in [0.29, 0.717) is 35.9 Å². The van der Waals surface area contributed by atoms with Gasteiger partial charge in [-0.1, -0.05) is 0 Å². The Kier molecular flexibility index (Phi) is 4.29. The van der Waals surface area contributed by atoms with E-state index in [4.69, 9.17) is 0 Å². The number of pyridine rings is 1. The van der Waals surface area contributed by atoms with E-state index in [1.165, 1.54) is 10.6 Å². The van der Waals surface area contributed by atoms with Crippen LogP contribution in [0.25, 0.3) is 22.6 Å². The number of nitrogens with one attached hydrogen (secondary N) is 3. The third-order valence-electron chi connectivity index (χ3n) is 4.47. The molecule has 9 nitrogen and oxygen atoms in total. The highest BCUT2D eigenvalue weighted by atomic mass is 32.2. The number of rotatable bonds is 4. The summed E-state index contributed by atoms with van der Waals surface area (Å²) < 4.78 is 25.2. The predicted molar refractivity (Wildman–Crippen MR) is 96.7 cm³/mol. The molecule has 0 spiro atoms. The van der Waals surface area contributed by atoms with Crippen LogP contribution in [0.4, 0.5) is 5.82 Å². The lowest BCUT2D eigenvalue weighted by molar-refractivity contribution is -0.347. The van der Waals surface area contributed by atoms with Crippen molar-refractivity contribution in [1.29, 1.82) is 0 Å². The average Bonchev–Trinajstić information content (AvgIpc) is 3.09. The first-order valence-electron chi connectivity index (χ1n) is 8.39. The van der Waals surface area contributed by atoms with Crippen molar-refractivity contribution in [3.63, 3.8) is 0 Å². The molecule has 1 aliphatic rings. The van der Waals surface area contributed by atoms with E-state index in [-0.39, 0.29) is 6.04 Å². The molecule has 4 rings (SSSR count). The van der Waals surface area contributed by atoms with Crippen LogP contribution in [0.2, 0.25) is 0 Å². The molecule has 10 heteroatoms. The Morgan fingerprint density at radius 1 is 1.38 bits per heavy atom. The van der Waals surface area contributed by atoms with Crippen LogP contribution in [0.3, 0.4) is 0 Å². The van der Waals surface area contributed by atoms with E-state index in [2.05, 4.69) is 30.2 Å². The molecule has 0 aliphatic carbocycles. The molecule has 1 saturated heterocycles. The third-order valence-corrected chi connectivity index (χ3v) is 5.74. The molecule has 3 aromatic heterocycles. The number of fused-ring (bicyclic) bond motifs is 1. The number of piperidine rings is 1. The van der Waals surface area contributed by atoms with Gasteiger partial charge in [0.25, 0.3) is 5.65 Å². The van der Waals surface area contributed by atoms with Crippen LogP contribution in [0.1, 0.15) is 12.8 Å². The fourth-order valence-electron chi connectivity index (χ4n) is 3.18. The lowest BCUT2D eigenvalue weighted by atomic mass is 10.1. The Hall–Kier alpha value is -2.59. The van der Waals surface area contributed by atoms with Crippen LogP contribution in [-0.4, -0.2) is 58.0 Å². The summed E-state index contributed by atoms with van der Waals surface area (Å²) >= 11 is 0. The van der Waals surface area contributed by atoms with Gasteiger partial charge in [-0.25, -0.2) is 27.7 Å². The number of H-pyrrole nitrogens is 2. The maximum absolute atomic E-state index is 11.8. The molecular formula is C16H20N7O2S+. The standard InChI is InChI=1S/C16H19N7O2S/c1-26(24,25)23-7-3-4-11(9-23)21-14-12(5-2-6-17-14)13-8-18-15-16(22-13)20-10-19-15/h2,5-6,8,10-11H,3-4,7,9H2,1H3,(H,17,21)(H,18,19,20,22)/p+1. The molecule has 136 valence electrons. The number of aromatic amines is 2. The Bertz CT molecular complexity index is 1030. The number of hydrogen-bond acceptors (Lipinski definition) is 6. The number of hydrogen-bond donors (Lipinski definition) is 2. The van der Waals surface area contributed by atoms with Crippen molar-refractivity contribution in [3.8, 4) is 11.3 Å². The molecule has 0 aromatic carbocycles. The first-order chi connectivity index (χ1) is 12.5. The minimum Gasteiger partial charge on any atom is -0.365 e. The molecule has 1 unspecified atom stereocenters. The van der Waals surface area contributed by atoms with Crippen molar-refractivity contribution in [2.24, 2.45) is 0 Å². The van der Waals surface area contributed by atoms with Crippen LogP contribution >= 0.6 is 0 Å². The quantitative estimate of drug-likeness (QED) is 0.693. The van der Waals surface area contributed by atoms with E-state index in [1.807, 2.05) is 12.1 Å².